The zero-order valence-corrected chi connectivity index (χ0v) is 16.2. The smallest absolute Gasteiger partial charge is 0.243 e. The molecule has 6 nitrogen and oxygen atoms in total. The summed E-state index contributed by atoms with van der Waals surface area (Å²) in [6.07, 6.45) is 3.49. The first-order valence-corrected chi connectivity index (χ1v) is 10.5. The van der Waals surface area contributed by atoms with E-state index in [2.05, 4.69) is 17.1 Å². The van der Waals surface area contributed by atoms with E-state index < -0.39 is 10.0 Å². The van der Waals surface area contributed by atoms with Gasteiger partial charge in [0, 0.05) is 24.8 Å². The molecule has 1 aliphatic rings. The van der Waals surface area contributed by atoms with Crippen molar-refractivity contribution in [2.24, 2.45) is 0 Å². The van der Waals surface area contributed by atoms with Crippen molar-refractivity contribution in [3.05, 3.63) is 24.3 Å². The molecular weight excluding hydrogens is 338 g/mol. The van der Waals surface area contributed by atoms with Gasteiger partial charge in [0.25, 0.3) is 0 Å². The van der Waals surface area contributed by atoms with Gasteiger partial charge >= 0.3 is 0 Å². The average Bonchev–Trinajstić information content (AvgIpc) is 2.58. The number of piperidine rings is 1. The van der Waals surface area contributed by atoms with E-state index in [1.807, 2.05) is 13.8 Å². The van der Waals surface area contributed by atoms with Gasteiger partial charge in [-0.15, -0.1) is 0 Å². The second-order valence-corrected chi connectivity index (χ2v) is 8.42. The quantitative estimate of drug-likeness (QED) is 0.804. The topological polar surface area (TPSA) is 69.7 Å². The number of benzene rings is 1. The van der Waals surface area contributed by atoms with E-state index in [9.17, 15) is 13.2 Å². The molecule has 0 aliphatic carbocycles. The lowest BCUT2D eigenvalue weighted by Crippen LogP contribution is -2.42. The van der Waals surface area contributed by atoms with E-state index in [0.717, 1.165) is 19.4 Å². The van der Waals surface area contributed by atoms with Crippen LogP contribution in [0.25, 0.3) is 0 Å². The Balaban J connectivity index is 1.99. The first-order chi connectivity index (χ1) is 11.9. The molecule has 7 heteroatoms. The lowest BCUT2D eigenvalue weighted by Gasteiger charge is -2.32. The average molecular weight is 368 g/mol. The summed E-state index contributed by atoms with van der Waals surface area (Å²) in [4.78, 5) is 14.7. The van der Waals surface area contributed by atoms with Crippen molar-refractivity contribution < 1.29 is 13.2 Å². The number of rotatable bonds is 7. The molecule has 1 aromatic rings. The molecule has 1 aromatic carbocycles. The maximum atomic E-state index is 12.5. The number of sulfonamides is 1. The summed E-state index contributed by atoms with van der Waals surface area (Å²) in [5.41, 5.74) is 0.619. The summed E-state index contributed by atoms with van der Waals surface area (Å²) < 4.78 is 26.3. The van der Waals surface area contributed by atoms with Gasteiger partial charge in [0.05, 0.1) is 11.4 Å². The van der Waals surface area contributed by atoms with E-state index in [-0.39, 0.29) is 10.8 Å². The predicted molar refractivity (Wildman–Crippen MR) is 100 cm³/mol. The number of hydrogen-bond donors (Lipinski definition) is 1. The van der Waals surface area contributed by atoms with Crippen LogP contribution in [0.2, 0.25) is 0 Å². The van der Waals surface area contributed by atoms with Gasteiger partial charge in [-0.25, -0.2) is 8.42 Å². The Morgan fingerprint density at radius 1 is 1.20 bits per heavy atom. The Morgan fingerprint density at radius 2 is 1.84 bits per heavy atom. The Kier molecular flexibility index (Phi) is 6.98. The minimum absolute atomic E-state index is 0.0619. The standard InChI is InChI=1S/C18H29N3O3S/c1-4-21(5-2)25(23,24)17-11-9-16(10-12-17)19-18(22)14-20-13-7-6-8-15(20)3/h9-12,15H,4-8,13-14H2,1-3H3,(H,19,22)/t15-/m1/s1. The Morgan fingerprint density at radius 3 is 2.40 bits per heavy atom. The van der Waals surface area contributed by atoms with E-state index >= 15 is 0 Å². The van der Waals surface area contributed by atoms with Crippen molar-refractivity contribution in [1.82, 2.24) is 9.21 Å². The number of hydrogen-bond acceptors (Lipinski definition) is 4. The fourth-order valence-corrected chi connectivity index (χ4v) is 4.66. The molecule has 0 bridgehead atoms. The largest absolute Gasteiger partial charge is 0.325 e. The van der Waals surface area contributed by atoms with Crippen LogP contribution in [0.4, 0.5) is 5.69 Å². The molecule has 25 heavy (non-hydrogen) atoms. The van der Waals surface area contributed by atoms with Crippen molar-refractivity contribution in [1.29, 1.82) is 0 Å². The minimum Gasteiger partial charge on any atom is -0.325 e. The van der Waals surface area contributed by atoms with E-state index in [0.29, 0.717) is 31.4 Å². The molecule has 0 spiro atoms. The van der Waals surface area contributed by atoms with Gasteiger partial charge in [-0.1, -0.05) is 20.3 Å². The zero-order chi connectivity index (χ0) is 18.4. The van der Waals surface area contributed by atoms with Crippen LogP contribution in [-0.2, 0) is 14.8 Å². The fraction of sp³-hybridized carbons (Fsp3) is 0.611. The SMILES string of the molecule is CCN(CC)S(=O)(=O)c1ccc(NC(=O)CN2CCCC[C@H]2C)cc1. The highest BCUT2D eigenvalue weighted by Crippen LogP contribution is 2.19. The molecule has 0 radical (unpaired) electrons. The molecule has 1 N–H and O–H groups in total. The lowest BCUT2D eigenvalue weighted by atomic mass is 10.0. The van der Waals surface area contributed by atoms with Crippen molar-refractivity contribution in [2.75, 3.05) is 31.5 Å². The Bertz CT molecular complexity index is 669. The molecule has 1 fully saturated rings. The summed E-state index contributed by atoms with van der Waals surface area (Å²) in [7, 11) is -3.46. The number of likely N-dealkylation sites (tertiary alicyclic amines) is 1. The molecule has 1 saturated heterocycles. The molecule has 0 aromatic heterocycles. The fourth-order valence-electron chi connectivity index (χ4n) is 3.20. The second-order valence-electron chi connectivity index (χ2n) is 6.48. The van der Waals surface area contributed by atoms with Crippen LogP contribution in [-0.4, -0.2) is 55.8 Å². The van der Waals surface area contributed by atoms with Crippen LogP contribution in [0.15, 0.2) is 29.2 Å². The second kappa shape index (κ2) is 8.78. The third-order valence-corrected chi connectivity index (χ3v) is 6.83. The number of carbonyl (C=O) groups is 1. The van der Waals surface area contributed by atoms with Gasteiger partial charge in [0.1, 0.15) is 0 Å². The first kappa shape index (κ1) is 19.9. The van der Waals surface area contributed by atoms with E-state index in [4.69, 9.17) is 0 Å². The van der Waals surface area contributed by atoms with Crippen LogP contribution in [0.3, 0.4) is 0 Å². The van der Waals surface area contributed by atoms with E-state index in [1.165, 1.54) is 10.7 Å². The monoisotopic (exact) mass is 367 g/mol. The third-order valence-electron chi connectivity index (χ3n) is 4.77. The summed E-state index contributed by atoms with van der Waals surface area (Å²) in [5, 5.41) is 2.86. The highest BCUT2D eigenvalue weighted by atomic mass is 32.2. The molecule has 140 valence electrons. The number of carbonyl (C=O) groups excluding carboxylic acids is 1. The van der Waals surface area contributed by atoms with Crippen molar-refractivity contribution >= 4 is 21.6 Å². The van der Waals surface area contributed by atoms with Gasteiger partial charge in [0.2, 0.25) is 15.9 Å². The summed E-state index contributed by atoms with van der Waals surface area (Å²) >= 11 is 0. The number of nitrogens with zero attached hydrogens (tertiary/aromatic N) is 2. The van der Waals surface area contributed by atoms with Crippen LogP contribution < -0.4 is 5.32 Å². The molecule has 1 amide bonds. The maximum Gasteiger partial charge on any atom is 0.243 e. The zero-order valence-electron chi connectivity index (χ0n) is 15.4. The highest BCUT2D eigenvalue weighted by Gasteiger charge is 2.22. The maximum absolute atomic E-state index is 12.5. The molecule has 2 rings (SSSR count). The number of nitrogens with one attached hydrogen (secondary N) is 1. The third kappa shape index (κ3) is 5.03. The number of amides is 1. The molecule has 1 atom stereocenters. The van der Waals surface area contributed by atoms with Crippen LogP contribution >= 0.6 is 0 Å². The van der Waals surface area contributed by atoms with Crippen molar-refractivity contribution in [3.8, 4) is 0 Å². The first-order valence-electron chi connectivity index (χ1n) is 9.02. The van der Waals surface area contributed by atoms with Crippen molar-refractivity contribution in [2.45, 2.75) is 51.0 Å². The minimum atomic E-state index is -3.46. The Hall–Kier alpha value is -1.44. The van der Waals surface area contributed by atoms with E-state index in [1.54, 1.807) is 24.3 Å². The summed E-state index contributed by atoms with van der Waals surface area (Å²) in [6.45, 7) is 7.99. The van der Waals surface area contributed by atoms with Crippen molar-refractivity contribution in [3.63, 3.8) is 0 Å². The highest BCUT2D eigenvalue weighted by molar-refractivity contribution is 7.89. The van der Waals surface area contributed by atoms with Gasteiger partial charge in [-0.3, -0.25) is 9.69 Å². The Labute approximate surface area is 151 Å². The van der Waals surface area contributed by atoms with Gasteiger partial charge in [-0.2, -0.15) is 4.31 Å². The predicted octanol–water partition coefficient (Wildman–Crippen LogP) is 2.53. The molecule has 1 aliphatic heterocycles. The molecule has 0 saturated carbocycles. The summed E-state index contributed by atoms with van der Waals surface area (Å²) in [5.74, 6) is -0.0619. The molecule has 1 heterocycles. The van der Waals surface area contributed by atoms with Crippen LogP contribution in [0.5, 0.6) is 0 Å². The summed E-state index contributed by atoms with van der Waals surface area (Å²) in [6, 6.07) is 6.82. The van der Waals surface area contributed by atoms with Crippen LogP contribution in [0, 0.1) is 0 Å². The van der Waals surface area contributed by atoms with Crippen LogP contribution in [0.1, 0.15) is 40.0 Å². The normalized spacial score (nSPS) is 19.1. The van der Waals surface area contributed by atoms with Gasteiger partial charge < -0.3 is 5.32 Å². The van der Waals surface area contributed by atoms with Gasteiger partial charge in [0.15, 0.2) is 0 Å². The molecular formula is C18H29N3O3S. The van der Waals surface area contributed by atoms with Gasteiger partial charge in [-0.05, 0) is 50.6 Å². The number of anilines is 1. The molecule has 0 unspecified atom stereocenters. The lowest BCUT2D eigenvalue weighted by molar-refractivity contribution is -0.118.